The Labute approximate surface area is 119 Å². The van der Waals surface area contributed by atoms with Crippen molar-refractivity contribution in [1.82, 2.24) is 0 Å². The third-order valence-corrected chi connectivity index (χ3v) is 2.98. The Morgan fingerprint density at radius 2 is 1.76 bits per heavy atom. The molecule has 0 aliphatic rings. The topological polar surface area (TPSA) is 52.3 Å². The number of carbonyl (C=O) groups excluding carboxylic acids is 1. The summed E-state index contributed by atoms with van der Waals surface area (Å²) < 4.78 is 42.6. The van der Waals surface area contributed by atoms with Crippen molar-refractivity contribution in [3.8, 4) is 11.1 Å². The number of carbonyl (C=O) groups is 1. The highest BCUT2D eigenvalue weighted by Gasteiger charge is 2.30. The van der Waals surface area contributed by atoms with Crippen LogP contribution in [0.3, 0.4) is 0 Å². The standard InChI is InChI=1S/C15H12F3NO2/c1-21-14(20)12-6-5-10(8-13(12)19)9-3-2-4-11(7-9)15(16,17)18/h2-8H,19H2,1H3. The van der Waals surface area contributed by atoms with E-state index in [1.165, 1.54) is 31.4 Å². The van der Waals surface area contributed by atoms with E-state index >= 15 is 0 Å². The van der Waals surface area contributed by atoms with E-state index in [-0.39, 0.29) is 11.3 Å². The first-order valence-corrected chi connectivity index (χ1v) is 5.98. The van der Waals surface area contributed by atoms with Gasteiger partial charge in [0.25, 0.3) is 0 Å². The average Bonchev–Trinajstić information content (AvgIpc) is 2.45. The van der Waals surface area contributed by atoms with Gasteiger partial charge >= 0.3 is 12.1 Å². The molecule has 0 fully saturated rings. The van der Waals surface area contributed by atoms with Gasteiger partial charge in [-0.15, -0.1) is 0 Å². The van der Waals surface area contributed by atoms with Crippen molar-refractivity contribution in [2.75, 3.05) is 12.8 Å². The molecule has 0 amide bonds. The van der Waals surface area contributed by atoms with Gasteiger partial charge in [-0.1, -0.05) is 18.2 Å². The Balaban J connectivity index is 2.44. The second kappa shape index (κ2) is 5.47. The molecule has 0 aliphatic heterocycles. The Bertz CT molecular complexity index is 681. The number of anilines is 1. The molecule has 2 N–H and O–H groups in total. The first-order chi connectivity index (χ1) is 9.82. The van der Waals surface area contributed by atoms with Crippen LogP contribution in [-0.4, -0.2) is 13.1 Å². The van der Waals surface area contributed by atoms with E-state index in [0.717, 1.165) is 12.1 Å². The van der Waals surface area contributed by atoms with Crippen LogP contribution in [-0.2, 0) is 10.9 Å². The molecule has 0 aliphatic carbocycles. The van der Waals surface area contributed by atoms with E-state index in [0.29, 0.717) is 11.1 Å². The van der Waals surface area contributed by atoms with Crippen LogP contribution in [0, 0.1) is 0 Å². The van der Waals surface area contributed by atoms with Crippen molar-refractivity contribution >= 4 is 11.7 Å². The number of nitrogens with two attached hydrogens (primary N) is 1. The van der Waals surface area contributed by atoms with E-state index < -0.39 is 17.7 Å². The molecule has 6 heteroatoms. The summed E-state index contributed by atoms with van der Waals surface area (Å²) in [7, 11) is 1.22. The Hall–Kier alpha value is -2.50. The number of rotatable bonds is 2. The van der Waals surface area contributed by atoms with Crippen LogP contribution < -0.4 is 5.73 Å². The molecule has 0 unspecified atom stereocenters. The zero-order valence-corrected chi connectivity index (χ0v) is 11.1. The number of halogens is 3. The fourth-order valence-electron chi connectivity index (χ4n) is 1.91. The summed E-state index contributed by atoms with van der Waals surface area (Å²) >= 11 is 0. The lowest BCUT2D eigenvalue weighted by Gasteiger charge is -2.10. The van der Waals surface area contributed by atoms with Crippen LogP contribution in [0.25, 0.3) is 11.1 Å². The zero-order valence-electron chi connectivity index (χ0n) is 11.1. The molecule has 0 spiro atoms. The van der Waals surface area contributed by atoms with Crippen molar-refractivity contribution < 1.29 is 22.7 Å². The molecule has 0 aromatic heterocycles. The second-order valence-electron chi connectivity index (χ2n) is 4.37. The van der Waals surface area contributed by atoms with Gasteiger partial charge in [0, 0.05) is 5.69 Å². The van der Waals surface area contributed by atoms with Gasteiger partial charge in [0.15, 0.2) is 0 Å². The summed E-state index contributed by atoms with van der Waals surface area (Å²) in [5, 5.41) is 0. The van der Waals surface area contributed by atoms with Crippen LogP contribution in [0.2, 0.25) is 0 Å². The minimum Gasteiger partial charge on any atom is -0.465 e. The Morgan fingerprint density at radius 1 is 1.10 bits per heavy atom. The van der Waals surface area contributed by atoms with Gasteiger partial charge in [0.2, 0.25) is 0 Å². The SMILES string of the molecule is COC(=O)c1ccc(-c2cccc(C(F)(F)F)c2)cc1N. The summed E-state index contributed by atoms with van der Waals surface area (Å²) in [6.45, 7) is 0. The number of benzene rings is 2. The van der Waals surface area contributed by atoms with E-state index in [9.17, 15) is 18.0 Å². The van der Waals surface area contributed by atoms with E-state index in [1.807, 2.05) is 0 Å². The van der Waals surface area contributed by atoms with Gasteiger partial charge in [0.1, 0.15) is 0 Å². The van der Waals surface area contributed by atoms with E-state index in [4.69, 9.17) is 5.73 Å². The highest BCUT2D eigenvalue weighted by molar-refractivity contribution is 5.96. The first kappa shape index (κ1) is 14.9. The number of hydrogen-bond donors (Lipinski definition) is 1. The number of ether oxygens (including phenoxy) is 1. The predicted molar refractivity (Wildman–Crippen MR) is 72.6 cm³/mol. The van der Waals surface area contributed by atoms with Gasteiger partial charge < -0.3 is 10.5 Å². The summed E-state index contributed by atoms with van der Waals surface area (Å²) in [6.07, 6.45) is -4.41. The van der Waals surface area contributed by atoms with E-state index in [1.54, 1.807) is 6.07 Å². The van der Waals surface area contributed by atoms with Gasteiger partial charge in [-0.25, -0.2) is 4.79 Å². The fourth-order valence-corrected chi connectivity index (χ4v) is 1.91. The van der Waals surface area contributed by atoms with Crippen molar-refractivity contribution in [3.63, 3.8) is 0 Å². The van der Waals surface area contributed by atoms with Crippen LogP contribution >= 0.6 is 0 Å². The molecule has 3 nitrogen and oxygen atoms in total. The summed E-state index contributed by atoms with van der Waals surface area (Å²) in [5.74, 6) is -0.594. The first-order valence-electron chi connectivity index (χ1n) is 5.98. The maximum atomic E-state index is 12.7. The number of esters is 1. The Kier molecular flexibility index (Phi) is 3.88. The zero-order chi connectivity index (χ0) is 15.6. The number of nitrogen functional groups attached to an aromatic ring is 1. The molecular formula is C15H12F3NO2. The lowest BCUT2D eigenvalue weighted by atomic mass is 10.0. The third kappa shape index (κ3) is 3.16. The molecule has 21 heavy (non-hydrogen) atoms. The highest BCUT2D eigenvalue weighted by atomic mass is 19.4. The van der Waals surface area contributed by atoms with Crippen molar-refractivity contribution in [2.45, 2.75) is 6.18 Å². The van der Waals surface area contributed by atoms with Crippen molar-refractivity contribution in [2.24, 2.45) is 0 Å². The summed E-state index contributed by atoms with van der Waals surface area (Å²) in [6, 6.07) is 9.29. The maximum Gasteiger partial charge on any atom is 0.416 e. The van der Waals surface area contributed by atoms with Gasteiger partial charge in [-0.3, -0.25) is 0 Å². The number of hydrogen-bond acceptors (Lipinski definition) is 3. The fraction of sp³-hybridized carbons (Fsp3) is 0.133. The smallest absolute Gasteiger partial charge is 0.416 e. The van der Waals surface area contributed by atoms with Crippen LogP contribution in [0.5, 0.6) is 0 Å². The summed E-state index contributed by atoms with van der Waals surface area (Å²) in [4.78, 5) is 11.4. The van der Waals surface area contributed by atoms with Gasteiger partial charge in [-0.2, -0.15) is 13.2 Å². The van der Waals surface area contributed by atoms with Crippen molar-refractivity contribution in [3.05, 3.63) is 53.6 Å². The lowest BCUT2D eigenvalue weighted by molar-refractivity contribution is -0.137. The molecule has 0 saturated heterocycles. The molecule has 2 rings (SSSR count). The van der Waals surface area contributed by atoms with E-state index in [2.05, 4.69) is 4.74 Å². The maximum absolute atomic E-state index is 12.7. The monoisotopic (exact) mass is 295 g/mol. The van der Waals surface area contributed by atoms with Gasteiger partial charge in [0.05, 0.1) is 18.2 Å². The molecule has 0 heterocycles. The molecule has 2 aromatic rings. The average molecular weight is 295 g/mol. The normalized spacial score (nSPS) is 11.2. The van der Waals surface area contributed by atoms with Crippen LogP contribution in [0.4, 0.5) is 18.9 Å². The van der Waals surface area contributed by atoms with Crippen molar-refractivity contribution in [1.29, 1.82) is 0 Å². The Morgan fingerprint density at radius 3 is 2.33 bits per heavy atom. The van der Waals surface area contributed by atoms with Crippen LogP contribution in [0.15, 0.2) is 42.5 Å². The predicted octanol–water partition coefficient (Wildman–Crippen LogP) is 3.74. The van der Waals surface area contributed by atoms with Gasteiger partial charge in [-0.05, 0) is 35.4 Å². The molecule has 110 valence electrons. The molecule has 0 saturated carbocycles. The second-order valence-corrected chi connectivity index (χ2v) is 4.37. The quantitative estimate of drug-likeness (QED) is 0.678. The minimum absolute atomic E-state index is 0.150. The van der Waals surface area contributed by atoms with Crippen LogP contribution in [0.1, 0.15) is 15.9 Å². The molecule has 2 aromatic carbocycles. The summed E-state index contributed by atoms with van der Waals surface area (Å²) in [5.41, 5.74) is 6.18. The largest absolute Gasteiger partial charge is 0.465 e. The lowest BCUT2D eigenvalue weighted by Crippen LogP contribution is -2.06. The molecule has 0 atom stereocenters. The highest BCUT2D eigenvalue weighted by Crippen LogP contribution is 2.33. The number of alkyl halides is 3. The number of methoxy groups -OCH3 is 1. The third-order valence-electron chi connectivity index (χ3n) is 2.98. The molecular weight excluding hydrogens is 283 g/mol. The minimum atomic E-state index is -4.41. The molecule has 0 bridgehead atoms. The molecule has 0 radical (unpaired) electrons.